The van der Waals surface area contributed by atoms with Gasteiger partial charge in [-0.15, -0.1) is 0 Å². The number of aromatic nitrogens is 2. The lowest BCUT2D eigenvalue weighted by molar-refractivity contribution is -0.145. The quantitative estimate of drug-likeness (QED) is 0.204. The molecule has 4 amide bonds. The van der Waals surface area contributed by atoms with Crippen LogP contribution in [0.4, 0.5) is 0 Å². The van der Waals surface area contributed by atoms with Crippen LogP contribution in [0.3, 0.4) is 0 Å². The van der Waals surface area contributed by atoms with Crippen molar-refractivity contribution < 1.29 is 19.2 Å². The molecule has 2 atom stereocenters. The molecule has 0 radical (unpaired) electrons. The molecule has 0 aliphatic carbocycles. The maximum atomic E-state index is 13.9. The molecule has 2 aromatic carbocycles. The van der Waals surface area contributed by atoms with Gasteiger partial charge in [0.25, 0.3) is 0 Å². The summed E-state index contributed by atoms with van der Waals surface area (Å²) in [6, 6.07) is 13.7. The molecule has 4 rings (SSSR count). The summed E-state index contributed by atoms with van der Waals surface area (Å²) in [4.78, 5) is 60.8. The largest absolute Gasteiger partial charge is 0.354 e. The average molecular weight is 621 g/mol. The van der Waals surface area contributed by atoms with Crippen molar-refractivity contribution in [2.24, 2.45) is 5.92 Å². The van der Waals surface area contributed by atoms with Crippen LogP contribution in [0.1, 0.15) is 61.9 Å². The molecule has 0 fully saturated rings. The summed E-state index contributed by atoms with van der Waals surface area (Å²) in [7, 11) is 0. The number of nitrogens with one attached hydrogen (secondary N) is 4. The summed E-state index contributed by atoms with van der Waals surface area (Å²) in [5.74, 6) is -0.997. The number of carbonyl (C=O) groups is 4. The topological polar surface area (TPSA) is 136 Å². The molecule has 11 heteroatoms. The van der Waals surface area contributed by atoms with Crippen LogP contribution in [0.25, 0.3) is 0 Å². The molecule has 1 aliphatic rings. The van der Waals surface area contributed by atoms with Crippen LogP contribution in [0.15, 0.2) is 61.1 Å². The van der Waals surface area contributed by atoms with E-state index in [1.54, 1.807) is 23.2 Å². The minimum atomic E-state index is -0.781. The van der Waals surface area contributed by atoms with Gasteiger partial charge in [-0.25, -0.2) is 4.98 Å². The highest BCUT2D eigenvalue weighted by molar-refractivity contribution is 6.30. The lowest BCUT2D eigenvalue weighted by atomic mass is 9.91. The van der Waals surface area contributed by atoms with Gasteiger partial charge in [0.2, 0.25) is 23.6 Å². The van der Waals surface area contributed by atoms with E-state index >= 15 is 0 Å². The Bertz CT molecular complexity index is 1410. The van der Waals surface area contributed by atoms with Crippen LogP contribution in [0.5, 0.6) is 0 Å². The first-order valence-electron chi connectivity index (χ1n) is 15.1. The number of fused-ring (bicyclic) bond motifs is 1. The zero-order valence-corrected chi connectivity index (χ0v) is 26.0. The number of rotatable bonds is 14. The number of H-pyrrole nitrogens is 1. The van der Waals surface area contributed by atoms with Crippen molar-refractivity contribution in [2.45, 2.75) is 77.5 Å². The summed E-state index contributed by atoms with van der Waals surface area (Å²) < 4.78 is 0. The normalized spacial score (nSPS) is 14.9. The zero-order chi connectivity index (χ0) is 31.5. The van der Waals surface area contributed by atoms with Crippen LogP contribution in [-0.2, 0) is 45.1 Å². The Balaban J connectivity index is 1.28. The molecule has 1 aliphatic heterocycles. The third-order valence-electron chi connectivity index (χ3n) is 7.77. The maximum absolute atomic E-state index is 13.9. The van der Waals surface area contributed by atoms with Crippen LogP contribution >= 0.6 is 11.6 Å². The second-order valence-corrected chi connectivity index (χ2v) is 11.9. The minimum absolute atomic E-state index is 0.0182. The van der Waals surface area contributed by atoms with E-state index in [0.717, 1.165) is 23.1 Å². The number of nitrogens with zero attached hydrogens (tertiary/aromatic N) is 2. The molecule has 2 heterocycles. The number of imidazole rings is 1. The molecule has 44 heavy (non-hydrogen) atoms. The second-order valence-electron chi connectivity index (χ2n) is 11.5. The van der Waals surface area contributed by atoms with Crippen LogP contribution in [0.2, 0.25) is 5.02 Å². The maximum Gasteiger partial charge on any atom is 0.246 e. The van der Waals surface area contributed by atoms with Crippen molar-refractivity contribution in [3.05, 3.63) is 88.5 Å². The van der Waals surface area contributed by atoms with Crippen LogP contribution in [0, 0.1) is 5.92 Å². The molecule has 4 N–H and O–H groups in total. The van der Waals surface area contributed by atoms with Gasteiger partial charge >= 0.3 is 0 Å². The highest BCUT2D eigenvalue weighted by Gasteiger charge is 2.38. The predicted molar refractivity (Wildman–Crippen MR) is 168 cm³/mol. The number of aromatic amines is 1. The molecular formula is C33H41ClN6O4. The van der Waals surface area contributed by atoms with Crippen molar-refractivity contribution in [1.82, 2.24) is 30.8 Å². The fourth-order valence-electron chi connectivity index (χ4n) is 5.27. The van der Waals surface area contributed by atoms with Gasteiger partial charge in [0, 0.05) is 49.4 Å². The van der Waals surface area contributed by atoms with E-state index in [-0.39, 0.29) is 42.5 Å². The number of carbonyl (C=O) groups excluding carboxylic acids is 4. The Morgan fingerprint density at radius 2 is 1.73 bits per heavy atom. The molecule has 0 unspecified atom stereocenters. The van der Waals surface area contributed by atoms with Gasteiger partial charge in [0.05, 0.1) is 12.7 Å². The van der Waals surface area contributed by atoms with Crippen LogP contribution in [-0.4, -0.2) is 57.1 Å². The molecule has 1 aromatic heterocycles. The first-order valence-corrected chi connectivity index (χ1v) is 15.5. The van der Waals surface area contributed by atoms with Gasteiger partial charge in [-0.05, 0) is 47.6 Å². The van der Waals surface area contributed by atoms with E-state index in [4.69, 9.17) is 11.6 Å². The fourth-order valence-corrected chi connectivity index (χ4v) is 5.39. The Morgan fingerprint density at radius 3 is 2.43 bits per heavy atom. The van der Waals surface area contributed by atoms with Gasteiger partial charge in [-0.2, -0.15) is 0 Å². The number of halogens is 1. The van der Waals surface area contributed by atoms with E-state index < -0.39 is 12.1 Å². The minimum Gasteiger partial charge on any atom is -0.354 e. The first kappa shape index (κ1) is 32.7. The van der Waals surface area contributed by atoms with Crippen LogP contribution < -0.4 is 16.0 Å². The summed E-state index contributed by atoms with van der Waals surface area (Å²) in [6.07, 6.45) is 6.16. The second kappa shape index (κ2) is 16.0. The van der Waals surface area contributed by atoms with Crippen molar-refractivity contribution in [3.63, 3.8) is 0 Å². The average Bonchev–Trinajstić information content (AvgIpc) is 3.53. The first-order chi connectivity index (χ1) is 21.2. The smallest absolute Gasteiger partial charge is 0.246 e. The molecule has 0 saturated carbocycles. The van der Waals surface area contributed by atoms with E-state index in [1.807, 2.05) is 50.2 Å². The van der Waals surface area contributed by atoms with E-state index in [9.17, 15) is 19.2 Å². The Kier molecular flexibility index (Phi) is 11.9. The molecule has 234 valence electrons. The third-order valence-corrected chi connectivity index (χ3v) is 8.02. The summed E-state index contributed by atoms with van der Waals surface area (Å²) in [5.41, 5.74) is 3.66. The van der Waals surface area contributed by atoms with Crippen molar-refractivity contribution in [1.29, 1.82) is 0 Å². The van der Waals surface area contributed by atoms with E-state index in [2.05, 4.69) is 25.9 Å². The summed E-state index contributed by atoms with van der Waals surface area (Å²) in [5, 5.41) is 9.46. The number of benzene rings is 2. The fraction of sp³-hybridized carbons (Fsp3) is 0.424. The molecular weight excluding hydrogens is 580 g/mol. The highest BCUT2D eigenvalue weighted by atomic mass is 35.5. The Hall–Kier alpha value is -4.18. The zero-order valence-electron chi connectivity index (χ0n) is 25.3. The summed E-state index contributed by atoms with van der Waals surface area (Å²) in [6.45, 7) is 4.95. The number of unbranched alkanes of at least 4 members (excludes halogenated alkanes) is 2. The number of amides is 4. The van der Waals surface area contributed by atoms with Crippen molar-refractivity contribution in [2.75, 3.05) is 6.54 Å². The lowest BCUT2D eigenvalue weighted by Crippen LogP contribution is -2.59. The van der Waals surface area contributed by atoms with E-state index in [1.165, 1.54) is 6.33 Å². The van der Waals surface area contributed by atoms with Gasteiger partial charge in [-0.3, -0.25) is 19.2 Å². The van der Waals surface area contributed by atoms with E-state index in [0.29, 0.717) is 49.5 Å². The number of hydrogen-bond donors (Lipinski definition) is 4. The van der Waals surface area contributed by atoms with Gasteiger partial charge in [0.1, 0.15) is 12.1 Å². The molecule has 0 spiro atoms. The number of hydrogen-bond acceptors (Lipinski definition) is 5. The monoisotopic (exact) mass is 620 g/mol. The van der Waals surface area contributed by atoms with Gasteiger partial charge in [0.15, 0.2) is 0 Å². The third kappa shape index (κ3) is 9.41. The molecule has 0 bridgehead atoms. The lowest BCUT2D eigenvalue weighted by Gasteiger charge is -2.38. The van der Waals surface area contributed by atoms with Crippen molar-refractivity contribution in [3.8, 4) is 0 Å². The van der Waals surface area contributed by atoms with Gasteiger partial charge < -0.3 is 25.8 Å². The standard InChI is InChI=1S/C33H41ClN6O4/c1-22(2)31(39-30(42)17-27-19-35-21-38-27)33(44)40-20-25-9-6-5-8-24(25)16-28(40)32(43)36-15-7-3-4-10-29(41)37-18-23-11-13-26(34)14-12-23/h5-6,8-9,11-14,19,21-22,28,31H,3-4,7,10,15-18,20H2,1-2H3,(H,35,38)(H,36,43)(H,37,41)(H,39,42)/t28-,31-/m0/s1. The Labute approximate surface area is 263 Å². The summed E-state index contributed by atoms with van der Waals surface area (Å²) >= 11 is 5.90. The van der Waals surface area contributed by atoms with Crippen molar-refractivity contribution >= 4 is 35.2 Å². The Morgan fingerprint density at radius 1 is 0.977 bits per heavy atom. The van der Waals surface area contributed by atoms with Gasteiger partial charge in [-0.1, -0.05) is 68.3 Å². The molecule has 10 nitrogen and oxygen atoms in total. The SMILES string of the molecule is CC(C)[C@H](NC(=O)Cc1cnc[nH]1)C(=O)N1Cc2ccccc2C[C@H]1C(=O)NCCCCCC(=O)NCc1ccc(Cl)cc1. The molecule has 0 saturated heterocycles. The molecule has 3 aromatic rings. The highest BCUT2D eigenvalue weighted by Crippen LogP contribution is 2.25. The predicted octanol–water partition coefficient (Wildman–Crippen LogP) is 3.69.